The van der Waals surface area contributed by atoms with Crippen LogP contribution in [0.2, 0.25) is 0 Å². The molecule has 0 fully saturated rings. The van der Waals surface area contributed by atoms with E-state index in [9.17, 15) is 0 Å². The Kier molecular flexibility index (Phi) is 4.68. The van der Waals surface area contributed by atoms with Gasteiger partial charge in [0.05, 0.1) is 17.8 Å². The van der Waals surface area contributed by atoms with Gasteiger partial charge in [0.1, 0.15) is 6.61 Å². The van der Waals surface area contributed by atoms with E-state index in [-0.39, 0.29) is 0 Å². The SMILES string of the molecule is C=CCCON=Cc1ccccc1C#N. The van der Waals surface area contributed by atoms with Gasteiger partial charge in [-0.1, -0.05) is 29.4 Å². The first kappa shape index (κ1) is 11.0. The van der Waals surface area contributed by atoms with E-state index in [1.54, 1.807) is 18.4 Å². The number of nitrogens with zero attached hydrogens (tertiary/aromatic N) is 2. The number of benzene rings is 1. The Balaban J connectivity index is 2.56. The maximum absolute atomic E-state index is 8.79. The van der Waals surface area contributed by atoms with Crippen molar-refractivity contribution in [2.45, 2.75) is 6.42 Å². The van der Waals surface area contributed by atoms with Crippen molar-refractivity contribution in [3.8, 4) is 6.07 Å². The minimum Gasteiger partial charge on any atom is -0.395 e. The molecular weight excluding hydrogens is 188 g/mol. The van der Waals surface area contributed by atoms with Crippen LogP contribution in [0, 0.1) is 11.3 Å². The minimum atomic E-state index is 0.509. The third kappa shape index (κ3) is 3.65. The summed E-state index contributed by atoms with van der Waals surface area (Å²) in [5, 5.41) is 12.6. The van der Waals surface area contributed by atoms with Gasteiger partial charge in [0.15, 0.2) is 0 Å². The Bertz CT molecular complexity index is 391. The molecule has 0 bridgehead atoms. The average Bonchev–Trinajstić information content (AvgIpc) is 2.29. The van der Waals surface area contributed by atoms with E-state index in [0.717, 1.165) is 12.0 Å². The molecule has 0 spiro atoms. The molecule has 0 saturated heterocycles. The molecule has 0 aliphatic carbocycles. The Morgan fingerprint density at radius 2 is 2.27 bits per heavy atom. The number of oxime groups is 1. The van der Waals surface area contributed by atoms with E-state index >= 15 is 0 Å². The second-order valence-electron chi connectivity index (χ2n) is 2.84. The molecule has 1 aromatic rings. The summed E-state index contributed by atoms with van der Waals surface area (Å²) in [5.41, 5.74) is 1.35. The topological polar surface area (TPSA) is 45.4 Å². The van der Waals surface area contributed by atoms with Crippen LogP contribution in [0.25, 0.3) is 0 Å². The van der Waals surface area contributed by atoms with Crippen molar-refractivity contribution in [1.29, 1.82) is 5.26 Å². The highest BCUT2D eigenvalue weighted by Crippen LogP contribution is 2.04. The predicted octanol–water partition coefficient (Wildman–Crippen LogP) is 2.48. The van der Waals surface area contributed by atoms with E-state index in [1.165, 1.54) is 0 Å². The van der Waals surface area contributed by atoms with Gasteiger partial charge in [-0.05, 0) is 6.07 Å². The van der Waals surface area contributed by atoms with Gasteiger partial charge in [-0.15, -0.1) is 6.58 Å². The molecule has 0 saturated carbocycles. The molecular formula is C12H12N2O. The van der Waals surface area contributed by atoms with Crippen LogP contribution in [0.3, 0.4) is 0 Å². The fraction of sp³-hybridized carbons (Fsp3) is 0.167. The first-order chi connectivity index (χ1) is 7.38. The van der Waals surface area contributed by atoms with Crippen molar-refractivity contribution in [3.05, 3.63) is 48.0 Å². The molecule has 0 amide bonds. The van der Waals surface area contributed by atoms with Gasteiger partial charge in [0, 0.05) is 12.0 Å². The molecule has 76 valence electrons. The van der Waals surface area contributed by atoms with Crippen molar-refractivity contribution in [3.63, 3.8) is 0 Å². The zero-order valence-electron chi connectivity index (χ0n) is 8.39. The summed E-state index contributed by atoms with van der Waals surface area (Å²) in [6.45, 7) is 4.08. The van der Waals surface area contributed by atoms with Crippen LogP contribution < -0.4 is 0 Å². The summed E-state index contributed by atoms with van der Waals surface area (Å²) in [6, 6.07) is 9.31. The molecule has 3 heteroatoms. The molecule has 0 aromatic heterocycles. The van der Waals surface area contributed by atoms with Crippen LogP contribution in [-0.4, -0.2) is 12.8 Å². The van der Waals surface area contributed by atoms with Crippen LogP contribution in [0.15, 0.2) is 42.1 Å². The first-order valence-electron chi connectivity index (χ1n) is 4.64. The fourth-order valence-electron chi connectivity index (χ4n) is 0.994. The number of hydrogen-bond donors (Lipinski definition) is 0. The fourth-order valence-corrected chi connectivity index (χ4v) is 0.994. The van der Waals surface area contributed by atoms with Gasteiger partial charge < -0.3 is 4.84 Å². The Hall–Kier alpha value is -2.08. The van der Waals surface area contributed by atoms with E-state index in [4.69, 9.17) is 10.1 Å². The van der Waals surface area contributed by atoms with Gasteiger partial charge in [0.25, 0.3) is 0 Å². The summed E-state index contributed by atoms with van der Waals surface area (Å²) in [5.74, 6) is 0. The highest BCUT2D eigenvalue weighted by atomic mass is 16.6. The average molecular weight is 200 g/mol. The van der Waals surface area contributed by atoms with E-state index in [0.29, 0.717) is 12.2 Å². The van der Waals surface area contributed by atoms with Crippen LogP contribution in [0.1, 0.15) is 17.5 Å². The van der Waals surface area contributed by atoms with Crippen molar-refractivity contribution in [1.82, 2.24) is 0 Å². The normalized spacial score (nSPS) is 9.80. The largest absolute Gasteiger partial charge is 0.395 e. The lowest BCUT2D eigenvalue weighted by Crippen LogP contribution is -1.90. The van der Waals surface area contributed by atoms with E-state index in [2.05, 4.69) is 17.8 Å². The van der Waals surface area contributed by atoms with Crippen LogP contribution >= 0.6 is 0 Å². The molecule has 1 aromatic carbocycles. The van der Waals surface area contributed by atoms with Gasteiger partial charge in [-0.25, -0.2) is 0 Å². The summed E-state index contributed by atoms with van der Waals surface area (Å²) in [6.07, 6.45) is 4.07. The summed E-state index contributed by atoms with van der Waals surface area (Å²) in [7, 11) is 0. The predicted molar refractivity (Wildman–Crippen MR) is 59.5 cm³/mol. The van der Waals surface area contributed by atoms with Crippen molar-refractivity contribution >= 4 is 6.21 Å². The maximum Gasteiger partial charge on any atom is 0.120 e. The molecule has 0 heterocycles. The highest BCUT2D eigenvalue weighted by Gasteiger charge is 1.95. The van der Waals surface area contributed by atoms with Crippen molar-refractivity contribution in [2.75, 3.05) is 6.61 Å². The second kappa shape index (κ2) is 6.39. The van der Waals surface area contributed by atoms with Crippen LogP contribution in [-0.2, 0) is 4.84 Å². The first-order valence-corrected chi connectivity index (χ1v) is 4.64. The zero-order valence-corrected chi connectivity index (χ0v) is 8.39. The molecule has 3 nitrogen and oxygen atoms in total. The zero-order chi connectivity index (χ0) is 10.9. The van der Waals surface area contributed by atoms with Crippen molar-refractivity contribution in [2.24, 2.45) is 5.16 Å². The lowest BCUT2D eigenvalue weighted by atomic mass is 10.1. The Labute approximate surface area is 89.3 Å². The minimum absolute atomic E-state index is 0.509. The quantitative estimate of drug-likeness (QED) is 0.317. The maximum atomic E-state index is 8.79. The van der Waals surface area contributed by atoms with E-state index < -0.39 is 0 Å². The molecule has 0 aliphatic heterocycles. The standard InChI is InChI=1S/C12H12N2O/c1-2-3-8-15-14-10-12-7-5-4-6-11(12)9-13/h2,4-7,10H,1,3,8H2. The van der Waals surface area contributed by atoms with Crippen molar-refractivity contribution < 1.29 is 4.84 Å². The highest BCUT2D eigenvalue weighted by molar-refractivity contribution is 5.82. The second-order valence-corrected chi connectivity index (χ2v) is 2.84. The van der Waals surface area contributed by atoms with Gasteiger partial charge >= 0.3 is 0 Å². The van der Waals surface area contributed by atoms with Crippen LogP contribution in [0.5, 0.6) is 0 Å². The third-order valence-electron chi connectivity index (χ3n) is 1.76. The molecule has 15 heavy (non-hydrogen) atoms. The van der Waals surface area contributed by atoms with Crippen LogP contribution in [0.4, 0.5) is 0 Å². The molecule has 1 rings (SSSR count). The van der Waals surface area contributed by atoms with Gasteiger partial charge in [0.2, 0.25) is 0 Å². The van der Waals surface area contributed by atoms with Gasteiger partial charge in [-0.3, -0.25) is 0 Å². The third-order valence-corrected chi connectivity index (χ3v) is 1.76. The molecule has 0 radical (unpaired) electrons. The molecule has 0 N–H and O–H groups in total. The lowest BCUT2D eigenvalue weighted by Gasteiger charge is -1.96. The summed E-state index contributed by atoms with van der Waals surface area (Å²) >= 11 is 0. The summed E-state index contributed by atoms with van der Waals surface area (Å²) < 4.78 is 0. The number of nitriles is 1. The number of rotatable bonds is 5. The molecule has 0 atom stereocenters. The monoisotopic (exact) mass is 200 g/mol. The van der Waals surface area contributed by atoms with E-state index in [1.807, 2.05) is 18.2 Å². The lowest BCUT2D eigenvalue weighted by molar-refractivity contribution is 0.151. The number of hydrogen-bond acceptors (Lipinski definition) is 3. The Morgan fingerprint density at radius 1 is 1.47 bits per heavy atom. The Morgan fingerprint density at radius 3 is 3.00 bits per heavy atom. The smallest absolute Gasteiger partial charge is 0.120 e. The molecule has 0 aliphatic rings. The summed E-state index contributed by atoms with van der Waals surface area (Å²) in [4.78, 5) is 4.97. The van der Waals surface area contributed by atoms with Gasteiger partial charge in [-0.2, -0.15) is 5.26 Å². The molecule has 0 unspecified atom stereocenters.